The third kappa shape index (κ3) is 4.12. The number of nitrogens with zero attached hydrogens (tertiary/aromatic N) is 1. The van der Waals surface area contributed by atoms with E-state index in [1.165, 1.54) is 17.4 Å². The molecule has 4 nitrogen and oxygen atoms in total. The lowest BCUT2D eigenvalue weighted by atomic mass is 10.1. The lowest BCUT2D eigenvalue weighted by Gasteiger charge is -2.27. The van der Waals surface area contributed by atoms with Crippen LogP contribution in [0.2, 0.25) is 0 Å². The molecule has 0 spiro atoms. The van der Waals surface area contributed by atoms with Crippen molar-refractivity contribution in [3.05, 3.63) is 64.8 Å². The van der Waals surface area contributed by atoms with Crippen LogP contribution in [0.15, 0.2) is 48.5 Å². The fraction of sp³-hybridized carbons (Fsp3) is 0.286. The van der Waals surface area contributed by atoms with Crippen LogP contribution in [-0.2, 0) is 11.3 Å². The minimum absolute atomic E-state index is 0.105. The average Bonchev–Trinajstić information content (AvgIpc) is 3.06. The fourth-order valence-corrected chi connectivity index (χ4v) is 4.15. The van der Waals surface area contributed by atoms with Gasteiger partial charge in [-0.05, 0) is 31.2 Å². The summed E-state index contributed by atoms with van der Waals surface area (Å²) >= 11 is 1.30. The van der Waals surface area contributed by atoms with Crippen LogP contribution in [0.25, 0.3) is 10.1 Å². The third-order valence-corrected chi connectivity index (χ3v) is 5.84. The lowest BCUT2D eigenvalue weighted by molar-refractivity contribution is 0.0951. The Balaban J connectivity index is 1.76. The number of likely N-dealkylation sites (N-methyl/N-ethyl adjacent to an activating group) is 1. The summed E-state index contributed by atoms with van der Waals surface area (Å²) in [6.07, 6.45) is 0. The molecule has 1 aromatic heterocycles. The molecule has 0 radical (unpaired) electrons. The Morgan fingerprint density at radius 2 is 1.96 bits per heavy atom. The molecular weight excluding hydrogens is 363 g/mol. The first-order valence-electron chi connectivity index (χ1n) is 8.77. The molecule has 6 heteroatoms. The van der Waals surface area contributed by atoms with E-state index in [9.17, 15) is 9.18 Å². The molecule has 0 bridgehead atoms. The Kier molecular flexibility index (Phi) is 6.08. The number of benzene rings is 2. The molecule has 27 heavy (non-hydrogen) atoms. The molecule has 1 amide bonds. The highest BCUT2D eigenvalue weighted by Crippen LogP contribution is 2.33. The summed E-state index contributed by atoms with van der Waals surface area (Å²) in [5, 5.41) is 3.46. The number of halogens is 1. The molecular formula is C21H23FN2O2S. The summed E-state index contributed by atoms with van der Waals surface area (Å²) in [7, 11) is 3.54. The van der Waals surface area contributed by atoms with Gasteiger partial charge in [-0.3, -0.25) is 4.79 Å². The van der Waals surface area contributed by atoms with E-state index in [2.05, 4.69) is 10.2 Å². The highest BCUT2D eigenvalue weighted by molar-refractivity contribution is 7.21. The monoisotopic (exact) mass is 386 g/mol. The maximum atomic E-state index is 14.3. The predicted molar refractivity (Wildman–Crippen MR) is 109 cm³/mol. The smallest absolute Gasteiger partial charge is 0.261 e. The number of thiophene rings is 1. The van der Waals surface area contributed by atoms with Crippen molar-refractivity contribution >= 4 is 33.0 Å². The Labute approximate surface area is 162 Å². The van der Waals surface area contributed by atoms with Crippen molar-refractivity contribution in [1.29, 1.82) is 0 Å². The van der Waals surface area contributed by atoms with Gasteiger partial charge >= 0.3 is 0 Å². The summed E-state index contributed by atoms with van der Waals surface area (Å²) in [5.41, 5.74) is 1.69. The average molecular weight is 386 g/mol. The molecule has 0 fully saturated rings. The number of carbonyl (C=O) groups excluding carboxylic acids is 1. The first kappa shape index (κ1) is 19.3. The van der Waals surface area contributed by atoms with Crippen molar-refractivity contribution in [1.82, 2.24) is 5.32 Å². The van der Waals surface area contributed by atoms with E-state index < -0.39 is 0 Å². The van der Waals surface area contributed by atoms with Crippen LogP contribution in [-0.4, -0.2) is 32.7 Å². The minimum Gasteiger partial charge on any atom is -0.380 e. The number of fused-ring (bicyclic) bond motifs is 1. The summed E-state index contributed by atoms with van der Waals surface area (Å²) in [6, 6.07) is 15.0. The van der Waals surface area contributed by atoms with Gasteiger partial charge in [0, 0.05) is 48.1 Å². The quantitative estimate of drug-likeness (QED) is 0.653. The molecule has 1 atom stereocenters. The maximum Gasteiger partial charge on any atom is 0.261 e. The van der Waals surface area contributed by atoms with Crippen LogP contribution in [0.4, 0.5) is 10.1 Å². The van der Waals surface area contributed by atoms with Gasteiger partial charge in [0.1, 0.15) is 5.82 Å². The van der Waals surface area contributed by atoms with Gasteiger partial charge in [0.05, 0.1) is 11.5 Å². The van der Waals surface area contributed by atoms with E-state index in [4.69, 9.17) is 4.74 Å². The van der Waals surface area contributed by atoms with E-state index in [1.807, 2.05) is 50.4 Å². The van der Waals surface area contributed by atoms with Gasteiger partial charge < -0.3 is 15.0 Å². The van der Waals surface area contributed by atoms with Crippen molar-refractivity contribution in [2.75, 3.05) is 25.6 Å². The van der Waals surface area contributed by atoms with Crippen LogP contribution >= 0.6 is 11.3 Å². The number of carbonyl (C=O) groups is 1. The van der Waals surface area contributed by atoms with Crippen LogP contribution < -0.4 is 10.2 Å². The second-order valence-corrected chi connectivity index (χ2v) is 7.51. The molecule has 3 aromatic rings. The molecule has 0 aliphatic heterocycles. The van der Waals surface area contributed by atoms with E-state index >= 15 is 0 Å². The topological polar surface area (TPSA) is 41.6 Å². The van der Waals surface area contributed by atoms with E-state index in [-0.39, 0.29) is 24.4 Å². The number of methoxy groups -OCH3 is 1. The van der Waals surface area contributed by atoms with Crippen molar-refractivity contribution in [3.63, 3.8) is 0 Å². The zero-order chi connectivity index (χ0) is 19.4. The number of nitrogens with one attached hydrogen (secondary N) is 1. The predicted octanol–water partition coefficient (Wildman–Crippen LogP) is 4.44. The highest BCUT2D eigenvalue weighted by Gasteiger charge is 2.21. The van der Waals surface area contributed by atoms with E-state index in [0.717, 1.165) is 10.4 Å². The molecule has 0 saturated heterocycles. The number of hydrogen-bond acceptors (Lipinski definition) is 4. The molecule has 1 N–H and O–H groups in total. The lowest BCUT2D eigenvalue weighted by Crippen LogP contribution is -2.40. The van der Waals surface area contributed by atoms with Crippen molar-refractivity contribution in [2.24, 2.45) is 0 Å². The standard InChI is InChI=1S/C21H23FN2O2S/c1-14(24(2)15-8-5-4-6-9-15)12-23-21(25)20-16(13-26-3)19-17(22)10-7-11-18(19)27-20/h4-11,14H,12-13H2,1-3H3,(H,23,25). The van der Waals surface area contributed by atoms with E-state index in [1.54, 1.807) is 13.2 Å². The molecule has 3 rings (SSSR count). The number of para-hydroxylation sites is 1. The van der Waals surface area contributed by atoms with Crippen molar-refractivity contribution < 1.29 is 13.9 Å². The third-order valence-electron chi connectivity index (χ3n) is 4.64. The van der Waals surface area contributed by atoms with Gasteiger partial charge in [-0.2, -0.15) is 0 Å². The number of ether oxygens (including phenoxy) is 1. The zero-order valence-corrected chi connectivity index (χ0v) is 16.5. The Morgan fingerprint density at radius 3 is 2.67 bits per heavy atom. The second-order valence-electron chi connectivity index (χ2n) is 6.46. The normalized spacial score (nSPS) is 12.1. The van der Waals surface area contributed by atoms with Gasteiger partial charge in [-0.25, -0.2) is 4.39 Å². The van der Waals surface area contributed by atoms with E-state index in [0.29, 0.717) is 22.4 Å². The van der Waals surface area contributed by atoms with Gasteiger partial charge in [-0.1, -0.05) is 24.3 Å². The largest absolute Gasteiger partial charge is 0.380 e. The highest BCUT2D eigenvalue weighted by atomic mass is 32.1. The molecule has 142 valence electrons. The van der Waals surface area contributed by atoms with Crippen LogP contribution in [0.3, 0.4) is 0 Å². The Bertz CT molecular complexity index is 927. The fourth-order valence-electron chi connectivity index (χ4n) is 3.01. The first-order valence-corrected chi connectivity index (χ1v) is 9.59. The van der Waals surface area contributed by atoms with Gasteiger partial charge in [0.15, 0.2) is 0 Å². The molecule has 0 saturated carbocycles. The molecule has 0 aliphatic carbocycles. The molecule has 0 aliphatic rings. The van der Waals surface area contributed by atoms with Gasteiger partial charge in [0.25, 0.3) is 5.91 Å². The SMILES string of the molecule is COCc1c(C(=O)NCC(C)N(C)c2ccccc2)sc2cccc(F)c12. The second kappa shape index (κ2) is 8.50. The number of rotatable bonds is 7. The molecule has 1 unspecified atom stereocenters. The van der Waals surface area contributed by atoms with Gasteiger partial charge in [-0.15, -0.1) is 11.3 Å². The molecule has 1 heterocycles. The Morgan fingerprint density at radius 1 is 1.22 bits per heavy atom. The first-order chi connectivity index (χ1) is 13.0. The van der Waals surface area contributed by atoms with Crippen LogP contribution in [0.5, 0.6) is 0 Å². The zero-order valence-electron chi connectivity index (χ0n) is 15.7. The van der Waals surface area contributed by atoms with Crippen molar-refractivity contribution in [2.45, 2.75) is 19.6 Å². The minimum atomic E-state index is -0.327. The maximum absolute atomic E-state index is 14.3. The summed E-state index contributed by atoms with van der Waals surface area (Å²) in [6.45, 7) is 2.73. The van der Waals surface area contributed by atoms with Gasteiger partial charge in [0.2, 0.25) is 0 Å². The summed E-state index contributed by atoms with van der Waals surface area (Å²) in [4.78, 5) is 15.4. The van der Waals surface area contributed by atoms with Crippen LogP contribution in [0, 0.1) is 5.82 Å². The summed E-state index contributed by atoms with van der Waals surface area (Å²) < 4.78 is 20.2. The number of anilines is 1. The number of amides is 1. The van der Waals surface area contributed by atoms with Crippen LogP contribution in [0.1, 0.15) is 22.2 Å². The van der Waals surface area contributed by atoms with Crippen molar-refractivity contribution in [3.8, 4) is 0 Å². The summed E-state index contributed by atoms with van der Waals surface area (Å²) in [5.74, 6) is -0.525. The number of hydrogen-bond donors (Lipinski definition) is 1. The Hall–Kier alpha value is -2.44. The molecule has 2 aromatic carbocycles.